The first kappa shape index (κ1) is 16.1. The van der Waals surface area contributed by atoms with Crippen LogP contribution in [-0.2, 0) is 4.43 Å². The van der Waals surface area contributed by atoms with E-state index in [4.69, 9.17) is 9.53 Å². The second-order valence-corrected chi connectivity index (χ2v) is 11.4. The Morgan fingerprint density at radius 3 is 1.50 bits per heavy atom. The fraction of sp³-hybridized carbons (Fsp3) is 1.00. The molecule has 0 rings (SSSR count). The van der Waals surface area contributed by atoms with Crippen LogP contribution in [0.15, 0.2) is 0 Å². The zero-order valence-corrected chi connectivity index (χ0v) is 13.1. The first-order chi connectivity index (χ1) is 7.28. The average Bonchev–Trinajstić information content (AvgIpc) is 2.16. The molecule has 0 saturated carbocycles. The molecule has 1 atom stereocenters. The van der Waals surface area contributed by atoms with Gasteiger partial charge in [0, 0.05) is 19.1 Å². The minimum atomic E-state index is -1.72. The number of rotatable bonds is 7. The lowest BCUT2D eigenvalue weighted by Crippen LogP contribution is -2.48. The van der Waals surface area contributed by atoms with E-state index in [0.717, 1.165) is 0 Å². The van der Waals surface area contributed by atoms with Crippen molar-refractivity contribution in [3.63, 3.8) is 0 Å². The molecular formula is C13H30O2Si. The van der Waals surface area contributed by atoms with E-state index in [1.54, 1.807) is 0 Å². The number of hydrogen-bond donors (Lipinski definition) is 1. The predicted molar refractivity (Wildman–Crippen MR) is 73.2 cm³/mol. The highest BCUT2D eigenvalue weighted by Gasteiger charge is 2.45. The Hall–Kier alpha value is 0.137. The van der Waals surface area contributed by atoms with Gasteiger partial charge < -0.3 is 9.53 Å². The van der Waals surface area contributed by atoms with E-state index in [2.05, 4.69) is 41.5 Å². The van der Waals surface area contributed by atoms with Crippen LogP contribution < -0.4 is 0 Å². The molecule has 0 saturated heterocycles. The number of aliphatic hydroxyl groups excluding tert-OH is 1. The maximum atomic E-state index is 9.08. The summed E-state index contributed by atoms with van der Waals surface area (Å²) < 4.78 is 6.35. The number of hydrogen-bond acceptors (Lipinski definition) is 2. The fourth-order valence-corrected chi connectivity index (χ4v) is 8.41. The van der Waals surface area contributed by atoms with Crippen LogP contribution in [0.4, 0.5) is 0 Å². The Kier molecular flexibility index (Phi) is 6.83. The Labute approximate surface area is 103 Å². The van der Waals surface area contributed by atoms with Gasteiger partial charge in [-0.2, -0.15) is 0 Å². The lowest BCUT2D eigenvalue weighted by atomic mass is 10.2. The highest BCUT2D eigenvalue weighted by Crippen LogP contribution is 2.42. The van der Waals surface area contributed by atoms with Gasteiger partial charge in [-0.15, -0.1) is 0 Å². The molecule has 1 N–H and O–H groups in total. The van der Waals surface area contributed by atoms with Crippen molar-refractivity contribution in [3.8, 4) is 0 Å². The highest BCUT2D eigenvalue weighted by atomic mass is 28.4. The van der Waals surface area contributed by atoms with Crippen molar-refractivity contribution in [1.29, 1.82) is 0 Å². The average molecular weight is 246 g/mol. The van der Waals surface area contributed by atoms with Gasteiger partial charge in [0.25, 0.3) is 0 Å². The Morgan fingerprint density at radius 2 is 1.25 bits per heavy atom. The molecule has 0 spiro atoms. The van der Waals surface area contributed by atoms with Gasteiger partial charge in [0.05, 0.1) is 0 Å². The lowest BCUT2D eigenvalue weighted by Gasteiger charge is -2.42. The molecule has 0 unspecified atom stereocenters. The summed E-state index contributed by atoms with van der Waals surface area (Å²) in [5.74, 6) is 0.253. The van der Waals surface area contributed by atoms with E-state index in [-0.39, 0.29) is 12.5 Å². The second kappa shape index (κ2) is 6.77. The van der Waals surface area contributed by atoms with E-state index in [0.29, 0.717) is 23.2 Å². The molecular weight excluding hydrogens is 216 g/mol. The maximum absolute atomic E-state index is 9.08. The Morgan fingerprint density at radius 1 is 0.875 bits per heavy atom. The van der Waals surface area contributed by atoms with Crippen LogP contribution in [0.3, 0.4) is 0 Å². The van der Waals surface area contributed by atoms with Crippen LogP contribution in [0.25, 0.3) is 0 Å². The molecule has 0 aliphatic carbocycles. The molecule has 0 aromatic rings. The van der Waals surface area contributed by atoms with Crippen LogP contribution in [0.1, 0.15) is 48.5 Å². The molecule has 0 heterocycles. The zero-order chi connectivity index (χ0) is 12.9. The lowest BCUT2D eigenvalue weighted by molar-refractivity contribution is 0.161. The molecule has 2 nitrogen and oxygen atoms in total. The largest absolute Gasteiger partial charge is 0.416 e. The van der Waals surface area contributed by atoms with Crippen LogP contribution in [0.5, 0.6) is 0 Å². The minimum absolute atomic E-state index is 0.221. The van der Waals surface area contributed by atoms with Crippen LogP contribution in [-0.4, -0.2) is 26.6 Å². The summed E-state index contributed by atoms with van der Waals surface area (Å²) in [7, 11) is -1.72. The number of aliphatic hydroxyl groups is 1. The monoisotopic (exact) mass is 246 g/mol. The molecule has 0 amide bonds. The van der Waals surface area contributed by atoms with Crippen molar-refractivity contribution in [2.75, 3.05) is 13.2 Å². The van der Waals surface area contributed by atoms with Gasteiger partial charge in [-0.1, -0.05) is 48.5 Å². The highest BCUT2D eigenvalue weighted by molar-refractivity contribution is 6.77. The van der Waals surface area contributed by atoms with Crippen molar-refractivity contribution in [3.05, 3.63) is 0 Å². The molecule has 0 aromatic carbocycles. The third kappa shape index (κ3) is 3.57. The van der Waals surface area contributed by atoms with Crippen molar-refractivity contribution in [2.45, 2.75) is 65.1 Å². The van der Waals surface area contributed by atoms with Crippen molar-refractivity contribution >= 4 is 8.32 Å². The third-order valence-electron chi connectivity index (χ3n) is 3.64. The summed E-state index contributed by atoms with van der Waals surface area (Å²) in [6.45, 7) is 16.7. The third-order valence-corrected chi connectivity index (χ3v) is 9.72. The summed E-state index contributed by atoms with van der Waals surface area (Å²) in [4.78, 5) is 0. The summed E-state index contributed by atoms with van der Waals surface area (Å²) in [5, 5.41) is 9.08. The smallest absolute Gasteiger partial charge is 0.200 e. The Balaban J connectivity index is 4.77. The summed E-state index contributed by atoms with van der Waals surface area (Å²) in [6, 6.07) is 0. The molecule has 0 radical (unpaired) electrons. The predicted octanol–water partition coefficient (Wildman–Crippen LogP) is 3.81. The van der Waals surface area contributed by atoms with Crippen LogP contribution in [0, 0.1) is 5.92 Å². The summed E-state index contributed by atoms with van der Waals surface area (Å²) in [5.41, 5.74) is 1.87. The van der Waals surface area contributed by atoms with Crippen molar-refractivity contribution in [1.82, 2.24) is 0 Å². The second-order valence-electron chi connectivity index (χ2n) is 5.92. The molecule has 16 heavy (non-hydrogen) atoms. The molecule has 0 fully saturated rings. The van der Waals surface area contributed by atoms with Gasteiger partial charge in [0.1, 0.15) is 0 Å². The molecule has 0 aliphatic rings. The minimum Gasteiger partial charge on any atom is -0.416 e. The van der Waals surface area contributed by atoms with Gasteiger partial charge in [0.2, 0.25) is 0 Å². The Bertz CT molecular complexity index is 169. The molecule has 0 bridgehead atoms. The topological polar surface area (TPSA) is 29.5 Å². The summed E-state index contributed by atoms with van der Waals surface area (Å²) in [6.07, 6.45) is 0. The van der Waals surface area contributed by atoms with Crippen molar-refractivity contribution in [2.24, 2.45) is 5.92 Å². The normalized spacial score (nSPS) is 15.2. The fourth-order valence-electron chi connectivity index (χ4n) is 2.84. The van der Waals surface area contributed by atoms with E-state index in [1.807, 2.05) is 6.92 Å². The molecule has 98 valence electrons. The first-order valence-electron chi connectivity index (χ1n) is 6.53. The van der Waals surface area contributed by atoms with Gasteiger partial charge in [-0.3, -0.25) is 0 Å². The standard InChI is InChI=1S/C13H30O2Si/c1-10(2)16(11(3)4,12(5)6)15-9-13(7)8-14/h10-14H,8-9H2,1-7H3/t13-/m1/s1. The summed E-state index contributed by atoms with van der Waals surface area (Å²) >= 11 is 0. The molecule has 0 aliphatic heterocycles. The molecule has 3 heteroatoms. The van der Waals surface area contributed by atoms with E-state index in [1.165, 1.54) is 0 Å². The van der Waals surface area contributed by atoms with E-state index >= 15 is 0 Å². The van der Waals surface area contributed by atoms with Gasteiger partial charge in [-0.05, 0) is 16.6 Å². The van der Waals surface area contributed by atoms with Gasteiger partial charge >= 0.3 is 0 Å². The molecule has 0 aromatic heterocycles. The van der Waals surface area contributed by atoms with Crippen molar-refractivity contribution < 1.29 is 9.53 Å². The first-order valence-corrected chi connectivity index (χ1v) is 8.67. The van der Waals surface area contributed by atoms with E-state index in [9.17, 15) is 0 Å². The van der Waals surface area contributed by atoms with Crippen LogP contribution >= 0.6 is 0 Å². The van der Waals surface area contributed by atoms with Crippen LogP contribution in [0.2, 0.25) is 16.6 Å². The van der Waals surface area contributed by atoms with Gasteiger partial charge in [-0.25, -0.2) is 0 Å². The quantitative estimate of drug-likeness (QED) is 0.692. The van der Waals surface area contributed by atoms with Gasteiger partial charge in [0.15, 0.2) is 8.32 Å². The van der Waals surface area contributed by atoms with E-state index < -0.39 is 8.32 Å². The SMILES string of the molecule is CC(C)[Si](OC[C@H](C)CO)(C(C)C)C(C)C. The zero-order valence-electron chi connectivity index (χ0n) is 12.1. The maximum Gasteiger partial charge on any atom is 0.200 e.